The van der Waals surface area contributed by atoms with E-state index in [0.29, 0.717) is 38.5 Å². The molecule has 0 aromatic rings. The molecule has 0 heterocycles. The second kappa shape index (κ2) is 14.3. The van der Waals surface area contributed by atoms with E-state index >= 15 is 0 Å². The lowest BCUT2D eigenvalue weighted by Crippen LogP contribution is -2.51. The molecule has 13 nitrogen and oxygen atoms in total. The van der Waals surface area contributed by atoms with Gasteiger partial charge in [0.25, 0.3) is 5.91 Å². The fraction of sp³-hybridized carbons (Fsp3) is 0.778. The summed E-state index contributed by atoms with van der Waals surface area (Å²) in [5, 5.41) is 10.7. The molecule has 4 amide bonds. The van der Waals surface area contributed by atoms with Crippen LogP contribution >= 0.6 is 0 Å². The molecule has 2 rings (SSSR count). The summed E-state index contributed by atoms with van der Waals surface area (Å²) in [5.74, 6) is -3.69. The largest absolute Gasteiger partial charge is 0.467 e. The summed E-state index contributed by atoms with van der Waals surface area (Å²) in [6.07, 6.45) is 1.71. The molecule has 2 saturated carbocycles. The molecule has 0 aromatic heterocycles. The van der Waals surface area contributed by atoms with Crippen LogP contribution in [0.4, 0.5) is 4.79 Å². The van der Waals surface area contributed by atoms with Crippen molar-refractivity contribution in [2.45, 2.75) is 116 Å². The summed E-state index contributed by atoms with van der Waals surface area (Å²) in [5.41, 5.74) is -0.711. The van der Waals surface area contributed by atoms with Crippen LogP contribution in [-0.4, -0.2) is 78.7 Å². The van der Waals surface area contributed by atoms with Gasteiger partial charge in [-0.05, 0) is 67.2 Å². The average Bonchev–Trinajstić information content (AvgIpc) is 3.51. The van der Waals surface area contributed by atoms with Gasteiger partial charge in [0, 0.05) is 12.1 Å². The number of ether oxygens (including phenoxy) is 3. The minimum Gasteiger partial charge on any atom is -0.467 e. The Morgan fingerprint density at radius 3 is 1.88 bits per heavy atom. The lowest BCUT2D eigenvalue weighted by molar-refractivity contribution is -0.159. The SMILES string of the molecule is COC(=O)[C@H](C)NC(=O)[C@H]1CCC[C@@H]1NC(=O)[C@H](C)OC(=O)[C@H]1CCC[C@@H]1NC(=O)[C@H](C)NC(=O)OC(C)(C)C. The smallest absolute Gasteiger partial charge is 0.408 e. The zero-order chi connectivity index (χ0) is 30.2. The molecule has 2 fully saturated rings. The van der Waals surface area contributed by atoms with Gasteiger partial charge in [0.05, 0.1) is 18.9 Å². The molecule has 7 atom stereocenters. The third-order valence-corrected chi connectivity index (χ3v) is 7.03. The quantitative estimate of drug-likeness (QED) is 0.222. The van der Waals surface area contributed by atoms with Gasteiger partial charge in [-0.15, -0.1) is 0 Å². The molecule has 0 bridgehead atoms. The number of carbonyl (C=O) groups is 6. The number of rotatable bonds is 10. The molecule has 0 unspecified atom stereocenters. The molecule has 0 saturated heterocycles. The van der Waals surface area contributed by atoms with Crippen LogP contribution in [0.1, 0.15) is 80.1 Å². The zero-order valence-corrected chi connectivity index (χ0v) is 24.5. The van der Waals surface area contributed by atoms with Crippen LogP contribution in [0.2, 0.25) is 0 Å². The molecule has 2 aliphatic rings. The Morgan fingerprint density at radius 2 is 1.30 bits per heavy atom. The van der Waals surface area contributed by atoms with E-state index in [2.05, 4.69) is 26.0 Å². The summed E-state index contributed by atoms with van der Waals surface area (Å²) in [6, 6.07) is -2.66. The van der Waals surface area contributed by atoms with Gasteiger partial charge in [0.15, 0.2) is 6.10 Å². The second-order valence-corrected chi connectivity index (χ2v) is 11.5. The van der Waals surface area contributed by atoms with Gasteiger partial charge in [-0.3, -0.25) is 19.2 Å². The fourth-order valence-electron chi connectivity index (χ4n) is 4.89. The highest BCUT2D eigenvalue weighted by atomic mass is 16.6. The van der Waals surface area contributed by atoms with Crippen LogP contribution < -0.4 is 21.3 Å². The highest BCUT2D eigenvalue weighted by Gasteiger charge is 2.39. The first kappa shape index (κ1) is 32.8. The maximum Gasteiger partial charge on any atom is 0.408 e. The van der Waals surface area contributed by atoms with Crippen LogP contribution in [0.5, 0.6) is 0 Å². The van der Waals surface area contributed by atoms with Gasteiger partial charge in [0.1, 0.15) is 17.7 Å². The van der Waals surface area contributed by atoms with Crippen molar-refractivity contribution in [3.8, 4) is 0 Å². The molecule has 226 valence electrons. The standard InChI is InChI=1S/C27H44N4O9/c1-14(29-26(37)40-27(4,5)6)21(32)30-20-13-9-11-18(20)25(36)39-16(3)22(33)31-19-12-8-10-17(19)23(34)28-15(2)24(35)38-7/h14-20H,8-13H2,1-7H3,(H,28,34)(H,29,37)(H,30,32)(H,31,33)/t14-,15-,16-,17-,18-,19-,20-/m0/s1. The van der Waals surface area contributed by atoms with Crippen molar-refractivity contribution in [1.29, 1.82) is 0 Å². The predicted octanol–water partition coefficient (Wildman–Crippen LogP) is 1.08. The van der Waals surface area contributed by atoms with E-state index in [1.807, 2.05) is 0 Å². The van der Waals surface area contributed by atoms with Crippen LogP contribution in [0.15, 0.2) is 0 Å². The molecule has 2 aliphatic carbocycles. The highest BCUT2D eigenvalue weighted by Crippen LogP contribution is 2.28. The number of esters is 2. The van der Waals surface area contributed by atoms with E-state index in [-0.39, 0.29) is 5.91 Å². The number of alkyl carbamates (subject to hydrolysis) is 1. The van der Waals surface area contributed by atoms with Gasteiger partial charge in [-0.1, -0.05) is 12.8 Å². The van der Waals surface area contributed by atoms with Crippen LogP contribution in [0.3, 0.4) is 0 Å². The van der Waals surface area contributed by atoms with E-state index in [4.69, 9.17) is 9.47 Å². The number of amides is 4. The molecule has 13 heteroatoms. The molecular formula is C27H44N4O9. The van der Waals surface area contributed by atoms with E-state index in [1.54, 1.807) is 20.8 Å². The summed E-state index contributed by atoms with van der Waals surface area (Å²) in [4.78, 5) is 74.7. The minimum atomic E-state index is -1.12. The number of hydrogen-bond acceptors (Lipinski definition) is 9. The Morgan fingerprint density at radius 1 is 0.750 bits per heavy atom. The van der Waals surface area contributed by atoms with E-state index < -0.39 is 77.6 Å². The molecule has 40 heavy (non-hydrogen) atoms. The van der Waals surface area contributed by atoms with Crippen molar-refractivity contribution >= 4 is 35.8 Å². The first-order chi connectivity index (χ1) is 18.6. The van der Waals surface area contributed by atoms with Crippen molar-refractivity contribution < 1.29 is 43.0 Å². The molecule has 0 spiro atoms. The molecule has 0 aliphatic heterocycles. The molecule has 4 N–H and O–H groups in total. The maximum atomic E-state index is 12.9. The van der Waals surface area contributed by atoms with E-state index in [1.165, 1.54) is 27.9 Å². The number of hydrogen-bond donors (Lipinski definition) is 4. The van der Waals surface area contributed by atoms with Crippen molar-refractivity contribution in [3.63, 3.8) is 0 Å². The Balaban J connectivity index is 1.87. The second-order valence-electron chi connectivity index (χ2n) is 11.5. The third-order valence-electron chi connectivity index (χ3n) is 7.03. The van der Waals surface area contributed by atoms with Crippen LogP contribution in [-0.2, 0) is 38.2 Å². The zero-order valence-electron chi connectivity index (χ0n) is 24.5. The third kappa shape index (κ3) is 9.67. The Hall–Kier alpha value is -3.38. The topological polar surface area (TPSA) is 178 Å². The van der Waals surface area contributed by atoms with Crippen molar-refractivity contribution in [2.24, 2.45) is 11.8 Å². The number of nitrogens with one attached hydrogen (secondary N) is 4. The summed E-state index contributed by atoms with van der Waals surface area (Å²) in [7, 11) is 1.23. The molecular weight excluding hydrogens is 524 g/mol. The number of carbonyl (C=O) groups excluding carboxylic acids is 6. The summed E-state index contributed by atoms with van der Waals surface area (Å²) < 4.78 is 15.3. The van der Waals surface area contributed by atoms with Crippen molar-refractivity contribution in [3.05, 3.63) is 0 Å². The monoisotopic (exact) mass is 568 g/mol. The van der Waals surface area contributed by atoms with Crippen molar-refractivity contribution in [1.82, 2.24) is 21.3 Å². The average molecular weight is 569 g/mol. The molecule has 0 radical (unpaired) electrons. The Bertz CT molecular complexity index is 964. The Labute approximate surface area is 235 Å². The van der Waals surface area contributed by atoms with E-state index in [0.717, 1.165) is 0 Å². The lowest BCUT2D eigenvalue weighted by atomic mass is 10.0. The normalized spacial score (nSPS) is 24.6. The first-order valence-corrected chi connectivity index (χ1v) is 13.8. The van der Waals surface area contributed by atoms with E-state index in [9.17, 15) is 28.8 Å². The lowest BCUT2D eigenvalue weighted by Gasteiger charge is -2.26. The fourth-order valence-corrected chi connectivity index (χ4v) is 4.89. The first-order valence-electron chi connectivity index (χ1n) is 13.8. The van der Waals surface area contributed by atoms with Crippen LogP contribution in [0.25, 0.3) is 0 Å². The highest BCUT2D eigenvalue weighted by molar-refractivity contribution is 5.89. The van der Waals surface area contributed by atoms with Gasteiger partial charge in [-0.25, -0.2) is 9.59 Å². The maximum absolute atomic E-state index is 12.9. The van der Waals surface area contributed by atoms with Crippen LogP contribution in [0, 0.1) is 11.8 Å². The number of methoxy groups -OCH3 is 1. The summed E-state index contributed by atoms with van der Waals surface area (Å²) >= 11 is 0. The Kier molecular flexibility index (Phi) is 11.7. The molecule has 0 aromatic carbocycles. The van der Waals surface area contributed by atoms with Gasteiger partial charge in [0.2, 0.25) is 11.8 Å². The predicted molar refractivity (Wildman–Crippen MR) is 143 cm³/mol. The summed E-state index contributed by atoms with van der Waals surface area (Å²) in [6.45, 7) is 9.62. The van der Waals surface area contributed by atoms with Crippen molar-refractivity contribution in [2.75, 3.05) is 7.11 Å². The minimum absolute atomic E-state index is 0.356. The van der Waals surface area contributed by atoms with Gasteiger partial charge in [-0.2, -0.15) is 0 Å². The van der Waals surface area contributed by atoms with Gasteiger partial charge < -0.3 is 35.5 Å². The van der Waals surface area contributed by atoms with Gasteiger partial charge >= 0.3 is 18.0 Å².